The lowest BCUT2D eigenvalue weighted by atomic mass is 9.77. The fraction of sp³-hybridized carbons (Fsp3) is 0.800. The number of carbonyl (C=O) groups is 2. The minimum absolute atomic E-state index is 0.0186. The Morgan fingerprint density at radius 1 is 1.47 bits per heavy atom. The molecule has 86 valence electrons. The largest absolute Gasteiger partial charge is 0.480 e. The Morgan fingerprint density at radius 2 is 2.20 bits per heavy atom. The number of aliphatic hydroxyl groups is 1. The maximum Gasteiger partial charge on any atom is 0.319 e. The van der Waals surface area contributed by atoms with Crippen molar-refractivity contribution < 1.29 is 24.5 Å². The summed E-state index contributed by atoms with van der Waals surface area (Å²) >= 11 is 0. The molecule has 0 aromatic heterocycles. The van der Waals surface area contributed by atoms with Gasteiger partial charge in [0, 0.05) is 13.0 Å². The topological polar surface area (TPSA) is 83.8 Å². The van der Waals surface area contributed by atoms with Crippen LogP contribution in [0.3, 0.4) is 0 Å². The average molecular weight is 216 g/mol. The van der Waals surface area contributed by atoms with Gasteiger partial charge in [-0.05, 0) is 19.3 Å². The van der Waals surface area contributed by atoms with Crippen LogP contribution in [0.25, 0.3) is 0 Å². The van der Waals surface area contributed by atoms with Crippen molar-refractivity contribution in [2.24, 2.45) is 5.41 Å². The van der Waals surface area contributed by atoms with E-state index in [1.165, 1.54) is 0 Å². The van der Waals surface area contributed by atoms with Gasteiger partial charge in [0.2, 0.25) is 0 Å². The van der Waals surface area contributed by atoms with Gasteiger partial charge in [-0.3, -0.25) is 9.59 Å². The van der Waals surface area contributed by atoms with Gasteiger partial charge in [-0.25, -0.2) is 0 Å². The van der Waals surface area contributed by atoms with E-state index < -0.39 is 11.4 Å². The Kier molecular flexibility index (Phi) is 4.23. The second-order valence-electron chi connectivity index (χ2n) is 3.79. The predicted molar refractivity (Wildman–Crippen MR) is 51.4 cm³/mol. The molecule has 1 rings (SSSR count). The molecule has 1 aliphatic rings. The Hall–Kier alpha value is -0.940. The summed E-state index contributed by atoms with van der Waals surface area (Å²) in [5.74, 6) is -1.36. The van der Waals surface area contributed by atoms with Gasteiger partial charge in [-0.15, -0.1) is 0 Å². The van der Waals surface area contributed by atoms with E-state index in [4.69, 9.17) is 14.9 Å². The van der Waals surface area contributed by atoms with Crippen LogP contribution in [0.15, 0.2) is 0 Å². The molecule has 1 aliphatic heterocycles. The molecule has 0 aromatic rings. The number of unbranched alkanes of at least 4 members (excludes halogenated alkanes) is 1. The molecule has 1 saturated heterocycles. The summed E-state index contributed by atoms with van der Waals surface area (Å²) in [6, 6.07) is 0. The molecule has 0 spiro atoms. The van der Waals surface area contributed by atoms with Crippen molar-refractivity contribution in [2.45, 2.75) is 25.7 Å². The van der Waals surface area contributed by atoms with Gasteiger partial charge < -0.3 is 14.9 Å². The quantitative estimate of drug-likeness (QED) is 0.507. The molecule has 0 bridgehead atoms. The van der Waals surface area contributed by atoms with E-state index in [9.17, 15) is 9.59 Å². The van der Waals surface area contributed by atoms with Crippen molar-refractivity contribution in [3.63, 3.8) is 0 Å². The lowest BCUT2D eigenvalue weighted by molar-refractivity contribution is -0.165. The summed E-state index contributed by atoms with van der Waals surface area (Å²) in [5.41, 5.74) is -1.37. The molecule has 15 heavy (non-hydrogen) atoms. The van der Waals surface area contributed by atoms with Gasteiger partial charge in [0.25, 0.3) is 0 Å². The molecule has 2 N–H and O–H groups in total. The normalized spacial score (nSPS) is 26.6. The molecule has 1 heterocycles. The van der Waals surface area contributed by atoms with E-state index in [1.807, 2.05) is 0 Å². The lowest BCUT2D eigenvalue weighted by Crippen LogP contribution is -2.47. The molecular formula is C10H16O5. The maximum absolute atomic E-state index is 11.6. The number of carboxylic acids is 1. The van der Waals surface area contributed by atoms with Crippen LogP contribution in [-0.2, 0) is 14.3 Å². The van der Waals surface area contributed by atoms with Gasteiger partial charge in [0.05, 0.1) is 13.2 Å². The third-order valence-corrected chi connectivity index (χ3v) is 2.78. The van der Waals surface area contributed by atoms with Crippen molar-refractivity contribution in [1.29, 1.82) is 0 Å². The maximum atomic E-state index is 11.6. The molecule has 5 nitrogen and oxygen atoms in total. The Bertz CT molecular complexity index is 250. The summed E-state index contributed by atoms with van der Waals surface area (Å²) < 4.78 is 5.08. The molecule has 0 amide bonds. The van der Waals surface area contributed by atoms with Crippen molar-refractivity contribution in [3.8, 4) is 0 Å². The van der Waals surface area contributed by atoms with Crippen LogP contribution in [0.4, 0.5) is 0 Å². The second kappa shape index (κ2) is 5.23. The van der Waals surface area contributed by atoms with Crippen molar-refractivity contribution in [3.05, 3.63) is 0 Å². The first-order chi connectivity index (χ1) is 7.13. The standard InChI is InChI=1S/C10H16O5/c11-5-2-1-4-10(9(13)14)7-15-6-3-8(10)12/h11H,1-7H2,(H,13,14). The van der Waals surface area contributed by atoms with Crippen LogP contribution >= 0.6 is 0 Å². The van der Waals surface area contributed by atoms with Crippen LogP contribution in [0.1, 0.15) is 25.7 Å². The number of ether oxygens (including phenoxy) is 1. The van der Waals surface area contributed by atoms with Crippen LogP contribution in [0, 0.1) is 5.41 Å². The first kappa shape index (κ1) is 12.1. The molecule has 0 aromatic carbocycles. The molecule has 0 aliphatic carbocycles. The number of aliphatic hydroxyl groups excluding tert-OH is 1. The fourth-order valence-corrected chi connectivity index (χ4v) is 1.77. The number of ketones is 1. The van der Waals surface area contributed by atoms with E-state index in [-0.39, 0.29) is 31.8 Å². The fourth-order valence-electron chi connectivity index (χ4n) is 1.77. The summed E-state index contributed by atoms with van der Waals surface area (Å²) in [6.07, 6.45) is 1.47. The molecule has 0 saturated carbocycles. The minimum Gasteiger partial charge on any atom is -0.480 e. The molecule has 0 radical (unpaired) electrons. The molecular weight excluding hydrogens is 200 g/mol. The predicted octanol–water partition coefficient (Wildman–Crippen LogP) is 0.209. The zero-order valence-electron chi connectivity index (χ0n) is 8.57. The third-order valence-electron chi connectivity index (χ3n) is 2.78. The Labute approximate surface area is 88.0 Å². The van der Waals surface area contributed by atoms with Crippen LogP contribution < -0.4 is 0 Å². The van der Waals surface area contributed by atoms with Gasteiger partial charge >= 0.3 is 5.97 Å². The zero-order valence-corrected chi connectivity index (χ0v) is 8.57. The number of hydrogen-bond donors (Lipinski definition) is 2. The number of hydrogen-bond acceptors (Lipinski definition) is 4. The van der Waals surface area contributed by atoms with Crippen molar-refractivity contribution >= 4 is 11.8 Å². The van der Waals surface area contributed by atoms with E-state index >= 15 is 0 Å². The monoisotopic (exact) mass is 216 g/mol. The van der Waals surface area contributed by atoms with Crippen LogP contribution in [-0.4, -0.2) is 41.8 Å². The van der Waals surface area contributed by atoms with Gasteiger partial charge in [0.1, 0.15) is 5.41 Å². The molecule has 1 unspecified atom stereocenters. The highest BCUT2D eigenvalue weighted by molar-refractivity contribution is 6.03. The number of rotatable bonds is 5. The third kappa shape index (κ3) is 2.54. The molecule has 1 fully saturated rings. The Morgan fingerprint density at radius 3 is 2.73 bits per heavy atom. The summed E-state index contributed by atoms with van der Waals surface area (Å²) in [5, 5.41) is 17.7. The zero-order chi connectivity index (χ0) is 11.3. The SMILES string of the molecule is O=C(O)C1(CCCCO)COCCC1=O. The number of aliphatic carboxylic acids is 1. The van der Waals surface area contributed by atoms with Gasteiger partial charge in [0.15, 0.2) is 5.78 Å². The highest BCUT2D eigenvalue weighted by Crippen LogP contribution is 2.31. The summed E-state index contributed by atoms with van der Waals surface area (Å²) in [7, 11) is 0. The first-order valence-corrected chi connectivity index (χ1v) is 5.09. The number of carboxylic acid groups (broad SMARTS) is 1. The highest BCUT2D eigenvalue weighted by atomic mass is 16.5. The van der Waals surface area contributed by atoms with E-state index in [0.717, 1.165) is 0 Å². The summed E-state index contributed by atoms with van der Waals surface area (Å²) in [4.78, 5) is 22.7. The summed E-state index contributed by atoms with van der Waals surface area (Å²) in [6.45, 7) is 0.297. The van der Waals surface area contributed by atoms with E-state index in [2.05, 4.69) is 0 Å². The molecule has 5 heteroatoms. The van der Waals surface area contributed by atoms with Crippen LogP contribution in [0.2, 0.25) is 0 Å². The average Bonchev–Trinajstić information content (AvgIpc) is 2.21. The second-order valence-corrected chi connectivity index (χ2v) is 3.79. The van der Waals surface area contributed by atoms with Gasteiger partial charge in [-0.1, -0.05) is 0 Å². The van der Waals surface area contributed by atoms with Crippen molar-refractivity contribution in [2.75, 3.05) is 19.8 Å². The van der Waals surface area contributed by atoms with E-state index in [0.29, 0.717) is 19.4 Å². The number of Topliss-reactive ketones (excluding diaryl/α,β-unsaturated/α-hetero) is 1. The minimum atomic E-state index is -1.37. The van der Waals surface area contributed by atoms with E-state index in [1.54, 1.807) is 0 Å². The molecule has 1 atom stereocenters. The first-order valence-electron chi connectivity index (χ1n) is 5.09. The smallest absolute Gasteiger partial charge is 0.319 e. The number of carbonyl (C=O) groups excluding carboxylic acids is 1. The van der Waals surface area contributed by atoms with Crippen molar-refractivity contribution in [1.82, 2.24) is 0 Å². The van der Waals surface area contributed by atoms with Gasteiger partial charge in [-0.2, -0.15) is 0 Å². The highest BCUT2D eigenvalue weighted by Gasteiger charge is 2.47. The van der Waals surface area contributed by atoms with Crippen LogP contribution in [0.5, 0.6) is 0 Å². The lowest BCUT2D eigenvalue weighted by Gasteiger charge is -2.31. The Balaban J connectivity index is 2.68.